The molecule has 0 fully saturated rings. The lowest BCUT2D eigenvalue weighted by molar-refractivity contribution is 0.249. The number of carbonyl (C=O) groups is 1. The van der Waals surface area contributed by atoms with Gasteiger partial charge in [-0.25, -0.2) is 14.2 Å². The Morgan fingerprint density at radius 2 is 2.15 bits per heavy atom. The predicted molar refractivity (Wildman–Crippen MR) is 95.4 cm³/mol. The fourth-order valence-corrected chi connectivity index (χ4v) is 2.44. The number of benzene rings is 1. The molecule has 0 bridgehead atoms. The van der Waals surface area contributed by atoms with Crippen LogP contribution in [0.4, 0.5) is 15.0 Å². The molecule has 1 atom stereocenters. The summed E-state index contributed by atoms with van der Waals surface area (Å²) in [6, 6.07) is 8.62. The molecule has 8 nitrogen and oxygen atoms in total. The Kier molecular flexibility index (Phi) is 5.28. The first-order chi connectivity index (χ1) is 12.6. The largest absolute Gasteiger partial charge is 0.475 e. The van der Waals surface area contributed by atoms with Crippen molar-refractivity contribution in [2.45, 2.75) is 13.0 Å². The summed E-state index contributed by atoms with van der Waals surface area (Å²) in [5, 5.41) is 12.0. The van der Waals surface area contributed by atoms with Gasteiger partial charge < -0.3 is 15.8 Å². The van der Waals surface area contributed by atoms with Gasteiger partial charge in [0.05, 0.1) is 11.4 Å². The number of hydrogen-bond donors (Lipinski definition) is 4. The number of halogens is 1. The molecule has 0 radical (unpaired) electrons. The molecule has 1 unspecified atom stereocenters. The van der Waals surface area contributed by atoms with Gasteiger partial charge in [0.1, 0.15) is 12.1 Å². The van der Waals surface area contributed by atoms with Crippen molar-refractivity contribution >= 4 is 22.8 Å². The molecule has 2 heterocycles. The number of nitrogens with one attached hydrogen (secondary N) is 3. The molecule has 0 aliphatic rings. The van der Waals surface area contributed by atoms with Crippen LogP contribution in [0.1, 0.15) is 18.5 Å². The van der Waals surface area contributed by atoms with Crippen molar-refractivity contribution in [3.63, 3.8) is 0 Å². The molecule has 0 aliphatic heterocycles. The van der Waals surface area contributed by atoms with Crippen LogP contribution in [-0.2, 0) is 0 Å². The first kappa shape index (κ1) is 17.6. The number of urea groups is 1. The predicted octanol–water partition coefficient (Wildman–Crippen LogP) is 2.32. The number of pyridine rings is 1. The summed E-state index contributed by atoms with van der Waals surface area (Å²) in [5.74, 6) is -0.713. The van der Waals surface area contributed by atoms with E-state index in [2.05, 4.69) is 25.8 Å². The maximum Gasteiger partial charge on any atom is 0.320 e. The highest BCUT2D eigenvalue weighted by atomic mass is 19.1. The molecule has 0 spiro atoms. The second-order valence-electron chi connectivity index (χ2n) is 5.61. The first-order valence-corrected chi connectivity index (χ1v) is 8.08. The summed E-state index contributed by atoms with van der Waals surface area (Å²) < 4.78 is 19.9. The van der Waals surface area contributed by atoms with Gasteiger partial charge in [-0.1, -0.05) is 30.3 Å². The van der Waals surface area contributed by atoms with Gasteiger partial charge in [-0.2, -0.15) is 0 Å². The molecule has 26 heavy (non-hydrogen) atoms. The standard InChI is InChI=1S/C17H19FN6O2/c1-10(11-5-3-2-4-6-11)21-17(25)22-15-13(18)14-12(9-20-15)16(24-23-14)26-8-7-19/h2-6,9-10H,7-8,19H2,1H3,(H,23,24)(H2,20,21,22,25). The SMILES string of the molecule is CC(NC(=O)Nc1ncc2c(OCCN)n[nH]c2c1F)c1ccccc1. The lowest BCUT2D eigenvalue weighted by Crippen LogP contribution is -2.31. The lowest BCUT2D eigenvalue weighted by Gasteiger charge is -2.15. The van der Waals surface area contributed by atoms with Crippen molar-refractivity contribution in [2.75, 3.05) is 18.5 Å². The first-order valence-electron chi connectivity index (χ1n) is 8.08. The third-order valence-electron chi connectivity index (χ3n) is 3.75. The monoisotopic (exact) mass is 358 g/mol. The topological polar surface area (TPSA) is 118 Å². The second kappa shape index (κ2) is 7.79. The van der Waals surface area contributed by atoms with Gasteiger partial charge in [-0.3, -0.25) is 10.4 Å². The normalized spacial score (nSPS) is 12.0. The van der Waals surface area contributed by atoms with Gasteiger partial charge in [-0.15, -0.1) is 5.10 Å². The molecular weight excluding hydrogens is 339 g/mol. The third-order valence-corrected chi connectivity index (χ3v) is 3.75. The number of anilines is 1. The van der Waals surface area contributed by atoms with Crippen LogP contribution in [0.25, 0.3) is 10.9 Å². The molecule has 1 aromatic carbocycles. The van der Waals surface area contributed by atoms with E-state index in [0.29, 0.717) is 11.9 Å². The minimum absolute atomic E-state index is 0.0958. The Labute approximate surface area is 148 Å². The van der Waals surface area contributed by atoms with Crippen molar-refractivity contribution in [2.24, 2.45) is 5.73 Å². The van der Waals surface area contributed by atoms with E-state index in [1.807, 2.05) is 37.3 Å². The third kappa shape index (κ3) is 3.72. The van der Waals surface area contributed by atoms with Crippen LogP contribution < -0.4 is 21.1 Å². The maximum atomic E-state index is 14.6. The Hall–Kier alpha value is -3.20. The van der Waals surface area contributed by atoms with Crippen LogP contribution in [0, 0.1) is 5.82 Å². The van der Waals surface area contributed by atoms with E-state index < -0.39 is 11.8 Å². The summed E-state index contributed by atoms with van der Waals surface area (Å²) >= 11 is 0. The fraction of sp³-hybridized carbons (Fsp3) is 0.235. The van der Waals surface area contributed by atoms with Gasteiger partial charge in [-0.05, 0) is 12.5 Å². The molecule has 3 aromatic rings. The maximum absolute atomic E-state index is 14.6. The molecule has 9 heteroatoms. The van der Waals surface area contributed by atoms with Crippen LogP contribution in [0.3, 0.4) is 0 Å². The molecule has 0 aliphatic carbocycles. The molecule has 5 N–H and O–H groups in total. The summed E-state index contributed by atoms with van der Waals surface area (Å²) in [4.78, 5) is 16.1. The van der Waals surface area contributed by atoms with Crippen molar-refractivity contribution in [3.05, 3.63) is 47.9 Å². The van der Waals surface area contributed by atoms with Crippen molar-refractivity contribution in [1.29, 1.82) is 0 Å². The van der Waals surface area contributed by atoms with E-state index in [9.17, 15) is 9.18 Å². The smallest absolute Gasteiger partial charge is 0.320 e. The van der Waals surface area contributed by atoms with E-state index in [-0.39, 0.29) is 29.9 Å². The Morgan fingerprint density at radius 3 is 2.88 bits per heavy atom. The number of carbonyl (C=O) groups excluding carboxylic acids is 1. The number of nitrogens with two attached hydrogens (primary N) is 1. The molecule has 0 saturated carbocycles. The number of fused-ring (bicyclic) bond motifs is 1. The number of amides is 2. The summed E-state index contributed by atoms with van der Waals surface area (Å²) in [6.45, 7) is 2.39. The van der Waals surface area contributed by atoms with Crippen LogP contribution in [0.2, 0.25) is 0 Å². The zero-order valence-corrected chi connectivity index (χ0v) is 14.1. The zero-order valence-electron chi connectivity index (χ0n) is 14.1. The highest BCUT2D eigenvalue weighted by molar-refractivity contribution is 5.92. The van der Waals surface area contributed by atoms with Gasteiger partial charge in [0, 0.05) is 12.7 Å². The van der Waals surface area contributed by atoms with E-state index in [4.69, 9.17) is 10.5 Å². The molecule has 3 rings (SSSR count). The van der Waals surface area contributed by atoms with Crippen molar-refractivity contribution in [3.8, 4) is 5.88 Å². The number of ether oxygens (including phenoxy) is 1. The van der Waals surface area contributed by atoms with Crippen LogP contribution >= 0.6 is 0 Å². The highest BCUT2D eigenvalue weighted by Gasteiger charge is 2.18. The number of aromatic amines is 1. The second-order valence-corrected chi connectivity index (χ2v) is 5.61. The van der Waals surface area contributed by atoms with Crippen LogP contribution in [-0.4, -0.2) is 34.4 Å². The summed E-state index contributed by atoms with van der Waals surface area (Å²) in [6.07, 6.45) is 1.38. The number of nitrogens with zero attached hydrogens (tertiary/aromatic N) is 2. The minimum Gasteiger partial charge on any atom is -0.475 e. The number of hydrogen-bond acceptors (Lipinski definition) is 5. The molecule has 2 aromatic heterocycles. The van der Waals surface area contributed by atoms with Crippen molar-refractivity contribution < 1.29 is 13.9 Å². The average Bonchev–Trinajstić information content (AvgIpc) is 3.06. The van der Waals surface area contributed by atoms with E-state index >= 15 is 0 Å². The molecule has 136 valence electrons. The number of rotatable bonds is 6. The molecule has 2 amide bonds. The van der Waals surface area contributed by atoms with Gasteiger partial charge in [0.25, 0.3) is 0 Å². The fourth-order valence-electron chi connectivity index (χ4n) is 2.44. The van der Waals surface area contributed by atoms with Gasteiger partial charge in [0.15, 0.2) is 11.6 Å². The molecular formula is C17H19FN6O2. The van der Waals surface area contributed by atoms with Crippen LogP contribution in [0.5, 0.6) is 5.88 Å². The number of H-pyrrole nitrogens is 1. The Balaban J connectivity index is 1.72. The van der Waals surface area contributed by atoms with E-state index in [1.54, 1.807) is 0 Å². The van der Waals surface area contributed by atoms with Crippen molar-refractivity contribution in [1.82, 2.24) is 20.5 Å². The average molecular weight is 358 g/mol. The highest BCUT2D eigenvalue weighted by Crippen LogP contribution is 2.27. The lowest BCUT2D eigenvalue weighted by atomic mass is 10.1. The van der Waals surface area contributed by atoms with Crippen LogP contribution in [0.15, 0.2) is 36.5 Å². The molecule has 0 saturated heterocycles. The van der Waals surface area contributed by atoms with Gasteiger partial charge in [0.2, 0.25) is 5.88 Å². The minimum atomic E-state index is -0.722. The Bertz CT molecular complexity index is 899. The van der Waals surface area contributed by atoms with E-state index in [0.717, 1.165) is 5.56 Å². The Morgan fingerprint density at radius 1 is 1.38 bits per heavy atom. The summed E-state index contributed by atoms with van der Waals surface area (Å²) in [5.41, 5.74) is 6.40. The number of aromatic nitrogens is 3. The summed E-state index contributed by atoms with van der Waals surface area (Å²) in [7, 11) is 0. The van der Waals surface area contributed by atoms with E-state index in [1.165, 1.54) is 6.20 Å². The quantitative estimate of drug-likeness (QED) is 0.539. The zero-order chi connectivity index (χ0) is 18.5. The van der Waals surface area contributed by atoms with Gasteiger partial charge >= 0.3 is 6.03 Å².